The summed E-state index contributed by atoms with van der Waals surface area (Å²) in [5.41, 5.74) is 0.720. The molecular weight excluding hydrogens is 190 g/mol. The van der Waals surface area contributed by atoms with Crippen molar-refractivity contribution in [2.24, 2.45) is 0 Å². The third kappa shape index (κ3) is 2.83. The molecule has 84 valence electrons. The largest absolute Gasteiger partial charge is 0.472 e. The van der Waals surface area contributed by atoms with Crippen molar-refractivity contribution in [1.29, 1.82) is 0 Å². The van der Waals surface area contributed by atoms with Crippen LogP contribution in [0.3, 0.4) is 0 Å². The van der Waals surface area contributed by atoms with Crippen LogP contribution in [0.2, 0.25) is 0 Å². The van der Waals surface area contributed by atoms with Gasteiger partial charge < -0.3 is 9.52 Å². The minimum absolute atomic E-state index is 0.446. The molecule has 0 aliphatic heterocycles. The van der Waals surface area contributed by atoms with Gasteiger partial charge in [-0.15, -0.1) is 0 Å². The Morgan fingerprint density at radius 1 is 1.47 bits per heavy atom. The Kier molecular flexibility index (Phi) is 3.12. The normalized spacial score (nSPS) is 19.9. The van der Waals surface area contributed by atoms with Gasteiger partial charge >= 0.3 is 0 Å². The monoisotopic (exact) mass is 209 g/mol. The van der Waals surface area contributed by atoms with E-state index in [1.165, 1.54) is 5.56 Å². The van der Waals surface area contributed by atoms with Gasteiger partial charge in [-0.1, -0.05) is 12.8 Å². The quantitative estimate of drug-likeness (QED) is 0.824. The summed E-state index contributed by atoms with van der Waals surface area (Å²) in [5.74, 6) is 0. The molecule has 1 aromatic rings. The molecule has 3 nitrogen and oxygen atoms in total. The first-order valence-corrected chi connectivity index (χ1v) is 5.60. The summed E-state index contributed by atoms with van der Waals surface area (Å²) in [5, 5.41) is 10.2. The third-order valence-electron chi connectivity index (χ3n) is 3.13. The lowest BCUT2D eigenvalue weighted by Crippen LogP contribution is -2.38. The fourth-order valence-electron chi connectivity index (χ4n) is 2.44. The van der Waals surface area contributed by atoms with Crippen molar-refractivity contribution in [1.82, 2.24) is 4.90 Å². The summed E-state index contributed by atoms with van der Waals surface area (Å²) in [7, 11) is 2.04. The van der Waals surface area contributed by atoms with E-state index in [2.05, 4.69) is 4.90 Å². The Balaban J connectivity index is 1.84. The minimum Gasteiger partial charge on any atom is -0.472 e. The minimum atomic E-state index is -0.446. The van der Waals surface area contributed by atoms with Gasteiger partial charge in [0.1, 0.15) is 0 Å². The molecule has 1 aromatic heterocycles. The van der Waals surface area contributed by atoms with Crippen molar-refractivity contribution >= 4 is 0 Å². The molecule has 0 aromatic carbocycles. The standard InChI is InChI=1S/C12H19NO2/c1-13(8-11-4-7-15-9-11)10-12(14)5-2-3-6-12/h4,7,9,14H,2-3,5-6,8,10H2,1H3. The number of rotatable bonds is 4. The molecule has 0 atom stereocenters. The van der Waals surface area contributed by atoms with Gasteiger partial charge in [0.05, 0.1) is 18.1 Å². The molecule has 0 saturated heterocycles. The van der Waals surface area contributed by atoms with Crippen molar-refractivity contribution < 1.29 is 9.52 Å². The zero-order valence-electron chi connectivity index (χ0n) is 9.28. The third-order valence-corrected chi connectivity index (χ3v) is 3.13. The van der Waals surface area contributed by atoms with Gasteiger partial charge in [0.15, 0.2) is 0 Å². The molecule has 1 aliphatic rings. The lowest BCUT2D eigenvalue weighted by atomic mass is 10.0. The van der Waals surface area contributed by atoms with Crippen LogP contribution in [0.1, 0.15) is 31.2 Å². The Morgan fingerprint density at radius 3 is 2.80 bits per heavy atom. The van der Waals surface area contributed by atoms with Crippen LogP contribution in [0.25, 0.3) is 0 Å². The van der Waals surface area contributed by atoms with Gasteiger partial charge in [0.2, 0.25) is 0 Å². The average molecular weight is 209 g/mol. The molecule has 0 unspecified atom stereocenters. The van der Waals surface area contributed by atoms with Crippen molar-refractivity contribution in [3.8, 4) is 0 Å². The maximum atomic E-state index is 10.2. The van der Waals surface area contributed by atoms with E-state index in [0.717, 1.165) is 38.8 Å². The summed E-state index contributed by atoms with van der Waals surface area (Å²) < 4.78 is 5.02. The topological polar surface area (TPSA) is 36.6 Å². The van der Waals surface area contributed by atoms with Gasteiger partial charge in [0.25, 0.3) is 0 Å². The van der Waals surface area contributed by atoms with E-state index < -0.39 is 5.60 Å². The molecule has 1 N–H and O–H groups in total. The van der Waals surface area contributed by atoms with E-state index in [1.54, 1.807) is 12.5 Å². The average Bonchev–Trinajstić information content (AvgIpc) is 2.76. The SMILES string of the molecule is CN(Cc1ccoc1)CC1(O)CCCC1. The summed E-state index contributed by atoms with van der Waals surface area (Å²) in [6.07, 6.45) is 7.67. The maximum Gasteiger partial charge on any atom is 0.0947 e. The highest BCUT2D eigenvalue weighted by atomic mass is 16.3. The Morgan fingerprint density at radius 2 is 2.20 bits per heavy atom. The van der Waals surface area contributed by atoms with Gasteiger partial charge in [-0.2, -0.15) is 0 Å². The fraction of sp³-hybridized carbons (Fsp3) is 0.667. The van der Waals surface area contributed by atoms with Crippen molar-refractivity contribution in [3.05, 3.63) is 24.2 Å². The Bertz CT molecular complexity index is 289. The van der Waals surface area contributed by atoms with Gasteiger partial charge in [-0.05, 0) is 26.0 Å². The molecule has 1 aliphatic carbocycles. The molecule has 0 amide bonds. The number of aliphatic hydroxyl groups is 1. The number of hydrogen-bond donors (Lipinski definition) is 1. The number of furan rings is 1. The molecule has 1 saturated carbocycles. The molecule has 0 bridgehead atoms. The van der Waals surface area contributed by atoms with E-state index in [0.29, 0.717) is 0 Å². The van der Waals surface area contributed by atoms with Gasteiger partial charge in [-0.25, -0.2) is 0 Å². The van der Waals surface area contributed by atoms with Crippen molar-refractivity contribution in [2.75, 3.05) is 13.6 Å². The predicted molar refractivity (Wildman–Crippen MR) is 58.5 cm³/mol. The van der Waals surface area contributed by atoms with Crippen LogP contribution in [0, 0.1) is 0 Å². The lowest BCUT2D eigenvalue weighted by molar-refractivity contribution is 0.0145. The number of likely N-dealkylation sites (N-methyl/N-ethyl adjacent to an activating group) is 1. The molecule has 1 fully saturated rings. The second kappa shape index (κ2) is 4.37. The van der Waals surface area contributed by atoms with Crippen LogP contribution in [-0.2, 0) is 6.54 Å². The molecule has 2 rings (SSSR count). The fourth-order valence-corrected chi connectivity index (χ4v) is 2.44. The Hall–Kier alpha value is -0.800. The summed E-state index contributed by atoms with van der Waals surface area (Å²) in [6.45, 7) is 1.61. The predicted octanol–water partition coefficient (Wildman–Crippen LogP) is 2.02. The van der Waals surface area contributed by atoms with Crippen LogP contribution in [0.5, 0.6) is 0 Å². The molecule has 3 heteroatoms. The van der Waals surface area contributed by atoms with E-state index in [9.17, 15) is 5.11 Å². The van der Waals surface area contributed by atoms with Crippen LogP contribution in [0.4, 0.5) is 0 Å². The molecule has 1 heterocycles. The smallest absolute Gasteiger partial charge is 0.0947 e. The maximum absolute atomic E-state index is 10.2. The first kappa shape index (κ1) is 10.7. The lowest BCUT2D eigenvalue weighted by Gasteiger charge is -2.28. The van der Waals surface area contributed by atoms with Gasteiger partial charge in [0, 0.05) is 18.7 Å². The van der Waals surface area contributed by atoms with E-state index in [4.69, 9.17) is 4.42 Å². The second-order valence-electron chi connectivity index (χ2n) is 4.74. The summed E-state index contributed by atoms with van der Waals surface area (Å²) >= 11 is 0. The van der Waals surface area contributed by atoms with Crippen molar-refractivity contribution in [2.45, 2.75) is 37.8 Å². The van der Waals surface area contributed by atoms with Crippen molar-refractivity contribution in [3.63, 3.8) is 0 Å². The highest BCUT2D eigenvalue weighted by Gasteiger charge is 2.31. The van der Waals surface area contributed by atoms with Crippen LogP contribution < -0.4 is 0 Å². The number of nitrogens with zero attached hydrogens (tertiary/aromatic N) is 1. The Labute approximate surface area is 90.7 Å². The van der Waals surface area contributed by atoms with Gasteiger partial charge in [-0.3, -0.25) is 4.90 Å². The zero-order valence-corrected chi connectivity index (χ0v) is 9.28. The number of hydrogen-bond acceptors (Lipinski definition) is 3. The summed E-state index contributed by atoms with van der Waals surface area (Å²) in [4.78, 5) is 2.16. The molecule has 0 radical (unpaired) electrons. The molecular formula is C12H19NO2. The van der Waals surface area contributed by atoms with Crippen LogP contribution in [0.15, 0.2) is 23.0 Å². The first-order valence-electron chi connectivity index (χ1n) is 5.60. The first-order chi connectivity index (χ1) is 7.18. The second-order valence-corrected chi connectivity index (χ2v) is 4.74. The van der Waals surface area contributed by atoms with E-state index in [1.807, 2.05) is 13.1 Å². The van der Waals surface area contributed by atoms with Crippen LogP contribution in [-0.4, -0.2) is 29.2 Å². The highest BCUT2D eigenvalue weighted by Crippen LogP contribution is 2.30. The zero-order chi connectivity index (χ0) is 10.7. The summed E-state index contributed by atoms with van der Waals surface area (Å²) in [6, 6.07) is 1.97. The van der Waals surface area contributed by atoms with Crippen LogP contribution >= 0.6 is 0 Å². The van der Waals surface area contributed by atoms with E-state index >= 15 is 0 Å². The molecule has 0 spiro atoms. The molecule has 15 heavy (non-hydrogen) atoms. The van der Waals surface area contributed by atoms with E-state index in [-0.39, 0.29) is 0 Å². The highest BCUT2D eigenvalue weighted by molar-refractivity contribution is 5.05.